The summed E-state index contributed by atoms with van der Waals surface area (Å²) in [5.74, 6) is -0.309. The topological polar surface area (TPSA) is 26.0 Å². The van der Waals surface area contributed by atoms with Crippen LogP contribution in [-0.4, -0.2) is 0 Å². The highest BCUT2D eigenvalue weighted by Crippen LogP contribution is 2.36. The first-order chi connectivity index (χ1) is 10.1. The zero-order valence-electron chi connectivity index (χ0n) is 11.9. The molecule has 0 aliphatic heterocycles. The standard InChI is InChI=1S/C18H19ClFN/c19-17-11-15(20)9-8-14(17)12-18(21)10-4-3-6-13-5-1-2-7-16(13)18/h1-2,5,7-9,11H,3-4,6,10,12,21H2. The van der Waals surface area contributed by atoms with E-state index >= 15 is 0 Å². The molecular weight excluding hydrogens is 285 g/mol. The van der Waals surface area contributed by atoms with E-state index in [9.17, 15) is 4.39 Å². The van der Waals surface area contributed by atoms with Crippen LogP contribution in [-0.2, 0) is 18.4 Å². The smallest absolute Gasteiger partial charge is 0.124 e. The summed E-state index contributed by atoms with van der Waals surface area (Å²) in [6, 6.07) is 13.0. The monoisotopic (exact) mass is 303 g/mol. The second kappa shape index (κ2) is 5.78. The SMILES string of the molecule is NC1(Cc2ccc(F)cc2Cl)CCCCc2ccccc21. The Balaban J connectivity index is 2.00. The van der Waals surface area contributed by atoms with Crippen molar-refractivity contribution in [1.29, 1.82) is 0 Å². The van der Waals surface area contributed by atoms with E-state index in [1.165, 1.54) is 23.3 Å². The molecule has 1 atom stereocenters. The van der Waals surface area contributed by atoms with Gasteiger partial charge in [0.05, 0.1) is 0 Å². The predicted octanol–water partition coefficient (Wildman–Crippen LogP) is 4.60. The van der Waals surface area contributed by atoms with Gasteiger partial charge in [-0.1, -0.05) is 48.4 Å². The molecule has 0 bridgehead atoms. The number of nitrogens with two attached hydrogens (primary N) is 1. The van der Waals surface area contributed by atoms with Gasteiger partial charge in [-0.2, -0.15) is 0 Å². The molecular formula is C18H19ClFN. The Hall–Kier alpha value is -1.38. The van der Waals surface area contributed by atoms with E-state index in [1.807, 2.05) is 6.07 Å². The van der Waals surface area contributed by atoms with E-state index in [4.69, 9.17) is 17.3 Å². The summed E-state index contributed by atoms with van der Waals surface area (Å²) >= 11 is 6.18. The van der Waals surface area contributed by atoms with Crippen LogP contribution in [0.2, 0.25) is 5.02 Å². The van der Waals surface area contributed by atoms with Crippen LogP contribution in [0.5, 0.6) is 0 Å². The zero-order chi connectivity index (χ0) is 14.9. The van der Waals surface area contributed by atoms with E-state index in [-0.39, 0.29) is 5.82 Å². The number of hydrogen-bond donors (Lipinski definition) is 1. The number of rotatable bonds is 2. The molecule has 0 heterocycles. The molecule has 0 radical (unpaired) electrons. The Bertz CT molecular complexity index is 655. The van der Waals surface area contributed by atoms with Crippen molar-refractivity contribution < 1.29 is 4.39 Å². The third kappa shape index (κ3) is 2.97. The molecule has 110 valence electrons. The number of fused-ring (bicyclic) bond motifs is 1. The van der Waals surface area contributed by atoms with Crippen LogP contribution in [0.4, 0.5) is 4.39 Å². The van der Waals surface area contributed by atoms with Gasteiger partial charge in [0.15, 0.2) is 0 Å². The lowest BCUT2D eigenvalue weighted by Gasteiger charge is -2.31. The van der Waals surface area contributed by atoms with Gasteiger partial charge >= 0.3 is 0 Å². The minimum atomic E-state index is -0.422. The maximum absolute atomic E-state index is 13.2. The van der Waals surface area contributed by atoms with Gasteiger partial charge in [-0.25, -0.2) is 4.39 Å². The van der Waals surface area contributed by atoms with Crippen molar-refractivity contribution in [2.45, 2.75) is 37.6 Å². The molecule has 2 aromatic rings. The van der Waals surface area contributed by atoms with Gasteiger partial charge in [0.1, 0.15) is 5.82 Å². The molecule has 21 heavy (non-hydrogen) atoms. The highest BCUT2D eigenvalue weighted by molar-refractivity contribution is 6.31. The summed E-state index contributed by atoms with van der Waals surface area (Å²) in [6.45, 7) is 0. The molecule has 1 nitrogen and oxygen atoms in total. The lowest BCUT2D eigenvalue weighted by atomic mass is 9.80. The first kappa shape index (κ1) is 14.6. The molecule has 1 aliphatic carbocycles. The second-order valence-electron chi connectivity index (χ2n) is 5.93. The lowest BCUT2D eigenvalue weighted by molar-refractivity contribution is 0.398. The lowest BCUT2D eigenvalue weighted by Crippen LogP contribution is -2.39. The number of benzene rings is 2. The predicted molar refractivity (Wildman–Crippen MR) is 85.0 cm³/mol. The van der Waals surface area contributed by atoms with Crippen molar-refractivity contribution in [3.05, 3.63) is 70.0 Å². The van der Waals surface area contributed by atoms with Crippen LogP contribution in [0.3, 0.4) is 0 Å². The van der Waals surface area contributed by atoms with Crippen LogP contribution in [0.25, 0.3) is 0 Å². The summed E-state index contributed by atoms with van der Waals surface area (Å²) in [5, 5.41) is 0.460. The zero-order valence-corrected chi connectivity index (χ0v) is 12.7. The second-order valence-corrected chi connectivity index (χ2v) is 6.34. The van der Waals surface area contributed by atoms with E-state index < -0.39 is 5.54 Å². The summed E-state index contributed by atoms with van der Waals surface area (Å²) in [6.07, 6.45) is 4.91. The van der Waals surface area contributed by atoms with Gasteiger partial charge in [0, 0.05) is 10.6 Å². The van der Waals surface area contributed by atoms with Crippen LogP contribution in [0, 0.1) is 5.82 Å². The van der Waals surface area contributed by atoms with Gasteiger partial charge < -0.3 is 5.73 Å². The molecule has 0 saturated heterocycles. The molecule has 3 heteroatoms. The van der Waals surface area contributed by atoms with Gasteiger partial charge in [0.25, 0.3) is 0 Å². The van der Waals surface area contributed by atoms with Gasteiger partial charge in [-0.3, -0.25) is 0 Å². The fourth-order valence-electron chi connectivity index (χ4n) is 3.30. The average molecular weight is 304 g/mol. The molecule has 0 spiro atoms. The molecule has 0 fully saturated rings. The first-order valence-electron chi connectivity index (χ1n) is 7.40. The summed E-state index contributed by atoms with van der Waals surface area (Å²) in [7, 11) is 0. The van der Waals surface area contributed by atoms with E-state index in [2.05, 4.69) is 18.2 Å². The van der Waals surface area contributed by atoms with Gasteiger partial charge in [0.2, 0.25) is 0 Å². The van der Waals surface area contributed by atoms with Crippen LogP contribution >= 0.6 is 11.6 Å². The average Bonchev–Trinajstić information content (AvgIpc) is 2.63. The highest BCUT2D eigenvalue weighted by Gasteiger charge is 2.31. The Labute approximate surface area is 129 Å². The fourth-order valence-corrected chi connectivity index (χ4v) is 3.54. The van der Waals surface area contributed by atoms with Crippen LogP contribution in [0.15, 0.2) is 42.5 Å². The first-order valence-corrected chi connectivity index (χ1v) is 7.77. The van der Waals surface area contributed by atoms with Crippen molar-refractivity contribution in [3.63, 3.8) is 0 Å². The van der Waals surface area contributed by atoms with Crippen LogP contribution in [0.1, 0.15) is 36.0 Å². The van der Waals surface area contributed by atoms with Crippen LogP contribution < -0.4 is 5.73 Å². The minimum absolute atomic E-state index is 0.309. The molecule has 0 aromatic heterocycles. The molecule has 2 aromatic carbocycles. The van der Waals surface area contributed by atoms with Gasteiger partial charge in [-0.15, -0.1) is 0 Å². The maximum Gasteiger partial charge on any atom is 0.124 e. The maximum atomic E-state index is 13.2. The number of aryl methyl sites for hydroxylation is 1. The largest absolute Gasteiger partial charge is 0.321 e. The molecule has 0 saturated carbocycles. The Kier molecular flexibility index (Phi) is 4.01. The van der Waals surface area contributed by atoms with E-state index in [0.717, 1.165) is 31.2 Å². The van der Waals surface area contributed by atoms with Crippen molar-refractivity contribution in [1.82, 2.24) is 0 Å². The third-order valence-electron chi connectivity index (χ3n) is 4.39. The quantitative estimate of drug-likeness (QED) is 0.806. The molecule has 3 rings (SSSR count). The molecule has 1 unspecified atom stereocenters. The molecule has 1 aliphatic rings. The van der Waals surface area contributed by atoms with E-state index in [0.29, 0.717) is 11.4 Å². The summed E-state index contributed by atoms with van der Waals surface area (Å²) in [5.41, 5.74) is 9.79. The summed E-state index contributed by atoms with van der Waals surface area (Å²) in [4.78, 5) is 0. The minimum Gasteiger partial charge on any atom is -0.321 e. The normalized spacial score (nSPS) is 21.7. The van der Waals surface area contributed by atoms with E-state index in [1.54, 1.807) is 6.07 Å². The Morgan fingerprint density at radius 2 is 1.95 bits per heavy atom. The fraction of sp³-hybridized carbons (Fsp3) is 0.333. The summed E-state index contributed by atoms with van der Waals surface area (Å²) < 4.78 is 13.2. The van der Waals surface area contributed by atoms with Crippen molar-refractivity contribution in [3.8, 4) is 0 Å². The Morgan fingerprint density at radius 3 is 2.76 bits per heavy atom. The molecule has 0 amide bonds. The van der Waals surface area contributed by atoms with Crippen molar-refractivity contribution in [2.24, 2.45) is 5.73 Å². The number of hydrogen-bond acceptors (Lipinski definition) is 1. The van der Waals surface area contributed by atoms with Crippen molar-refractivity contribution >= 4 is 11.6 Å². The Morgan fingerprint density at radius 1 is 1.14 bits per heavy atom. The highest BCUT2D eigenvalue weighted by atomic mass is 35.5. The number of halogens is 2. The van der Waals surface area contributed by atoms with Crippen molar-refractivity contribution in [2.75, 3.05) is 0 Å². The van der Waals surface area contributed by atoms with Gasteiger partial charge in [-0.05, 0) is 54.5 Å². The molecule has 2 N–H and O–H groups in total. The third-order valence-corrected chi connectivity index (χ3v) is 4.75.